The average molecular weight is 388 g/mol. The summed E-state index contributed by atoms with van der Waals surface area (Å²) in [5.41, 5.74) is 0.389. The topological polar surface area (TPSA) is 61.4 Å². The smallest absolute Gasteiger partial charge is 0.271 e. The fourth-order valence-electron chi connectivity index (χ4n) is 4.51. The van der Waals surface area contributed by atoms with Crippen LogP contribution >= 0.6 is 0 Å². The second-order valence-electron chi connectivity index (χ2n) is 9.13. The van der Waals surface area contributed by atoms with Gasteiger partial charge in [0, 0.05) is 25.2 Å². The van der Waals surface area contributed by atoms with Crippen molar-refractivity contribution in [2.45, 2.75) is 71.9 Å². The summed E-state index contributed by atoms with van der Waals surface area (Å²) in [7, 11) is 0. The van der Waals surface area contributed by atoms with Crippen LogP contribution < -0.4 is 10.2 Å². The second kappa shape index (κ2) is 9.68. The predicted octanol–water partition coefficient (Wildman–Crippen LogP) is 3.34. The maximum atomic E-state index is 12.0. The highest BCUT2D eigenvalue weighted by Gasteiger charge is 2.26. The van der Waals surface area contributed by atoms with Crippen molar-refractivity contribution < 1.29 is 4.79 Å². The van der Waals surface area contributed by atoms with Gasteiger partial charge in [0.05, 0.1) is 12.4 Å². The Balaban J connectivity index is 1.43. The first-order valence-electron chi connectivity index (χ1n) is 11.0. The first-order valence-corrected chi connectivity index (χ1v) is 11.0. The number of hydrogen-bond acceptors (Lipinski definition) is 5. The highest BCUT2D eigenvalue weighted by molar-refractivity contribution is 5.92. The fourth-order valence-corrected chi connectivity index (χ4v) is 4.51. The Labute approximate surface area is 170 Å². The Kier molecular flexibility index (Phi) is 7.27. The van der Waals surface area contributed by atoms with E-state index in [1.807, 2.05) is 13.8 Å². The summed E-state index contributed by atoms with van der Waals surface area (Å²) in [6.07, 6.45) is 9.94. The molecular weight excluding hydrogens is 350 g/mol. The molecule has 1 amide bonds. The Morgan fingerprint density at radius 2 is 1.61 bits per heavy atom. The van der Waals surface area contributed by atoms with Gasteiger partial charge in [0.25, 0.3) is 5.91 Å². The number of carbonyl (C=O) groups is 1. The summed E-state index contributed by atoms with van der Waals surface area (Å²) in [5, 5.41) is 2.85. The van der Waals surface area contributed by atoms with Crippen LogP contribution in [0, 0.1) is 11.8 Å². The van der Waals surface area contributed by atoms with Gasteiger partial charge in [0.1, 0.15) is 11.5 Å². The minimum atomic E-state index is -0.156. The Hall–Kier alpha value is -1.69. The molecule has 3 heterocycles. The molecule has 156 valence electrons. The van der Waals surface area contributed by atoms with Gasteiger partial charge in [-0.05, 0) is 84.7 Å². The van der Waals surface area contributed by atoms with E-state index in [4.69, 9.17) is 0 Å². The Bertz CT molecular complexity index is 614. The van der Waals surface area contributed by atoms with Crippen molar-refractivity contribution in [1.82, 2.24) is 20.2 Å². The van der Waals surface area contributed by atoms with Crippen molar-refractivity contribution in [3.63, 3.8) is 0 Å². The molecule has 0 bridgehead atoms. The third-order valence-corrected chi connectivity index (χ3v) is 6.28. The summed E-state index contributed by atoms with van der Waals surface area (Å²) < 4.78 is 0. The summed E-state index contributed by atoms with van der Waals surface area (Å²) >= 11 is 0. The number of nitrogens with zero attached hydrogens (tertiary/aromatic N) is 4. The van der Waals surface area contributed by atoms with Gasteiger partial charge in [0.2, 0.25) is 0 Å². The molecule has 0 atom stereocenters. The molecule has 0 aromatic carbocycles. The SMILES string of the molecule is CC(C)NC(=O)c1cnc(N2CCC(CC3CCN(C(C)C)CC3)CC2)cn1. The van der Waals surface area contributed by atoms with Crippen LogP contribution in [0.25, 0.3) is 0 Å². The lowest BCUT2D eigenvalue weighted by Gasteiger charge is -2.38. The van der Waals surface area contributed by atoms with E-state index in [0.29, 0.717) is 11.7 Å². The molecule has 2 aliphatic heterocycles. The molecule has 0 unspecified atom stereocenters. The minimum absolute atomic E-state index is 0.102. The summed E-state index contributed by atoms with van der Waals surface area (Å²) in [4.78, 5) is 25.7. The van der Waals surface area contributed by atoms with Crippen molar-refractivity contribution in [2.24, 2.45) is 11.8 Å². The van der Waals surface area contributed by atoms with Crippen molar-refractivity contribution in [1.29, 1.82) is 0 Å². The van der Waals surface area contributed by atoms with Crippen molar-refractivity contribution in [2.75, 3.05) is 31.1 Å². The second-order valence-corrected chi connectivity index (χ2v) is 9.13. The Morgan fingerprint density at radius 3 is 2.11 bits per heavy atom. The van der Waals surface area contributed by atoms with Gasteiger partial charge in [-0.2, -0.15) is 0 Å². The lowest BCUT2D eigenvalue weighted by Crippen LogP contribution is -2.40. The number of hydrogen-bond donors (Lipinski definition) is 1. The number of piperidine rings is 2. The normalized spacial score (nSPS) is 20.1. The first kappa shape index (κ1) is 21.0. The average Bonchev–Trinajstić information content (AvgIpc) is 2.68. The standard InChI is InChI=1S/C22H37N5O/c1-16(2)25-22(28)20-14-24-21(15-23-20)27-11-7-19(8-12-27)13-18-5-9-26(10-6-18)17(3)4/h14-19H,5-13H2,1-4H3,(H,25,28). The van der Waals surface area contributed by atoms with Gasteiger partial charge in [-0.25, -0.2) is 9.97 Å². The van der Waals surface area contributed by atoms with Crippen LogP contribution in [0.5, 0.6) is 0 Å². The van der Waals surface area contributed by atoms with E-state index < -0.39 is 0 Å². The first-order chi connectivity index (χ1) is 13.4. The number of carbonyl (C=O) groups excluding carboxylic acids is 1. The zero-order valence-electron chi connectivity index (χ0n) is 18.0. The lowest BCUT2D eigenvalue weighted by molar-refractivity contribution is 0.0937. The fraction of sp³-hybridized carbons (Fsp3) is 0.773. The van der Waals surface area contributed by atoms with Gasteiger partial charge < -0.3 is 15.1 Å². The largest absolute Gasteiger partial charge is 0.355 e. The van der Waals surface area contributed by atoms with Gasteiger partial charge >= 0.3 is 0 Å². The van der Waals surface area contributed by atoms with E-state index in [2.05, 4.69) is 38.9 Å². The van der Waals surface area contributed by atoms with E-state index in [1.165, 1.54) is 45.2 Å². The number of rotatable bonds is 6. The quantitative estimate of drug-likeness (QED) is 0.811. The number of aromatic nitrogens is 2. The molecule has 3 rings (SSSR count). The molecule has 0 aliphatic carbocycles. The van der Waals surface area contributed by atoms with Gasteiger partial charge in [-0.1, -0.05) is 0 Å². The van der Waals surface area contributed by atoms with Crippen molar-refractivity contribution in [3.8, 4) is 0 Å². The third-order valence-electron chi connectivity index (χ3n) is 6.28. The lowest BCUT2D eigenvalue weighted by atomic mass is 9.82. The number of nitrogens with one attached hydrogen (secondary N) is 1. The highest BCUT2D eigenvalue weighted by atomic mass is 16.1. The molecular formula is C22H37N5O. The maximum Gasteiger partial charge on any atom is 0.271 e. The van der Waals surface area contributed by atoms with Crippen LogP contribution in [-0.4, -0.2) is 59.0 Å². The molecule has 6 heteroatoms. The highest BCUT2D eigenvalue weighted by Crippen LogP contribution is 2.31. The summed E-state index contributed by atoms with van der Waals surface area (Å²) in [6, 6.07) is 0.791. The van der Waals surface area contributed by atoms with Crippen LogP contribution in [-0.2, 0) is 0 Å². The molecule has 1 aromatic heterocycles. The molecule has 2 aliphatic rings. The summed E-state index contributed by atoms with van der Waals surface area (Å²) in [5.74, 6) is 2.49. The van der Waals surface area contributed by atoms with E-state index in [9.17, 15) is 4.79 Å². The van der Waals surface area contributed by atoms with Crippen LogP contribution in [0.1, 0.15) is 70.3 Å². The molecule has 0 spiro atoms. The molecule has 2 fully saturated rings. The summed E-state index contributed by atoms with van der Waals surface area (Å²) in [6.45, 7) is 13.1. The van der Waals surface area contributed by atoms with Gasteiger partial charge in [-0.3, -0.25) is 4.79 Å². The molecule has 28 heavy (non-hydrogen) atoms. The van der Waals surface area contributed by atoms with E-state index in [1.54, 1.807) is 12.4 Å². The van der Waals surface area contributed by atoms with E-state index in [-0.39, 0.29) is 11.9 Å². The van der Waals surface area contributed by atoms with Crippen molar-refractivity contribution >= 4 is 11.7 Å². The maximum absolute atomic E-state index is 12.0. The van der Waals surface area contributed by atoms with Crippen LogP contribution in [0.3, 0.4) is 0 Å². The zero-order chi connectivity index (χ0) is 20.1. The van der Waals surface area contributed by atoms with Crippen LogP contribution in [0.2, 0.25) is 0 Å². The predicted molar refractivity (Wildman–Crippen MR) is 114 cm³/mol. The minimum Gasteiger partial charge on any atom is -0.355 e. The molecule has 1 aromatic rings. The molecule has 0 radical (unpaired) electrons. The van der Waals surface area contributed by atoms with Crippen molar-refractivity contribution in [3.05, 3.63) is 18.1 Å². The number of amides is 1. The van der Waals surface area contributed by atoms with Crippen LogP contribution in [0.15, 0.2) is 12.4 Å². The van der Waals surface area contributed by atoms with E-state index >= 15 is 0 Å². The molecule has 6 nitrogen and oxygen atoms in total. The molecule has 1 N–H and O–H groups in total. The Morgan fingerprint density at radius 1 is 1.00 bits per heavy atom. The van der Waals surface area contributed by atoms with E-state index in [0.717, 1.165) is 30.7 Å². The van der Waals surface area contributed by atoms with Gasteiger partial charge in [-0.15, -0.1) is 0 Å². The van der Waals surface area contributed by atoms with Gasteiger partial charge in [0.15, 0.2) is 0 Å². The molecule has 0 saturated carbocycles. The van der Waals surface area contributed by atoms with Crippen LogP contribution in [0.4, 0.5) is 5.82 Å². The third kappa shape index (κ3) is 5.66. The number of likely N-dealkylation sites (tertiary alicyclic amines) is 1. The molecule has 2 saturated heterocycles. The zero-order valence-corrected chi connectivity index (χ0v) is 18.0. The number of anilines is 1. The monoisotopic (exact) mass is 387 g/mol.